The maximum atomic E-state index is 13.8. The molecular weight excluding hydrogens is 353 g/mol. The molecule has 7 heteroatoms. The second-order valence-electron chi connectivity index (χ2n) is 8.36. The summed E-state index contributed by atoms with van der Waals surface area (Å²) in [6.45, 7) is 8.80. The summed E-state index contributed by atoms with van der Waals surface area (Å²) in [7, 11) is -3.44. The van der Waals surface area contributed by atoms with E-state index in [9.17, 15) is 18.1 Å². The van der Waals surface area contributed by atoms with E-state index < -0.39 is 15.8 Å². The minimum atomic E-state index is -3.44. The average Bonchev–Trinajstić information content (AvgIpc) is 2.46. The maximum absolute atomic E-state index is 13.8. The van der Waals surface area contributed by atoms with Gasteiger partial charge in [0.15, 0.2) is 0 Å². The van der Waals surface area contributed by atoms with Gasteiger partial charge >= 0.3 is 0 Å². The fourth-order valence-corrected chi connectivity index (χ4v) is 4.30. The quantitative estimate of drug-likeness (QED) is 0.843. The minimum absolute atomic E-state index is 0.00317. The van der Waals surface area contributed by atoms with Crippen LogP contribution in [-0.2, 0) is 16.6 Å². The van der Waals surface area contributed by atoms with Crippen molar-refractivity contribution in [2.75, 3.05) is 24.1 Å². The lowest BCUT2D eigenvalue weighted by Crippen LogP contribution is -2.46. The first-order valence-electron chi connectivity index (χ1n) is 8.81. The molecule has 0 atom stereocenters. The van der Waals surface area contributed by atoms with E-state index in [1.165, 1.54) is 12.1 Å². The summed E-state index contributed by atoms with van der Waals surface area (Å²) in [6.07, 6.45) is 3.44. The molecular formula is C19H28FN3O2S. The molecule has 0 aliphatic carbocycles. The van der Waals surface area contributed by atoms with Gasteiger partial charge in [0, 0.05) is 13.0 Å². The van der Waals surface area contributed by atoms with Gasteiger partial charge in [-0.2, -0.15) is 5.26 Å². The van der Waals surface area contributed by atoms with E-state index in [4.69, 9.17) is 0 Å². The molecule has 0 unspecified atom stereocenters. The topological polar surface area (TPSA) is 73.2 Å². The van der Waals surface area contributed by atoms with E-state index in [0.29, 0.717) is 13.0 Å². The van der Waals surface area contributed by atoms with E-state index in [1.54, 1.807) is 6.07 Å². The molecule has 1 heterocycles. The molecule has 2 rings (SSSR count). The normalized spacial score (nSPS) is 18.3. The lowest BCUT2D eigenvalue weighted by Gasteiger charge is -2.49. The molecule has 1 aliphatic rings. The number of benzene rings is 1. The average molecular weight is 382 g/mol. The number of rotatable bonds is 5. The van der Waals surface area contributed by atoms with E-state index in [2.05, 4.69) is 36.5 Å². The first kappa shape index (κ1) is 20.7. The van der Waals surface area contributed by atoms with Crippen molar-refractivity contribution in [1.29, 1.82) is 5.26 Å². The van der Waals surface area contributed by atoms with Crippen LogP contribution in [0.5, 0.6) is 0 Å². The van der Waals surface area contributed by atoms with Crippen LogP contribution < -0.4 is 4.72 Å². The molecule has 0 bridgehead atoms. The standard InChI is InChI=1S/C19H28FN3O2S/c1-18(2,3)19(5-8-21)6-9-23(10-7-19)14-15-11-16(20)13-17(12-15)22-26(4,24)25/h11-13,22H,5-7,9-10,14H2,1-4H3. The SMILES string of the molecule is CC(C)(C)C1(CC#N)CCN(Cc2cc(F)cc(NS(C)(=O)=O)c2)CC1. The molecule has 1 fully saturated rings. The lowest BCUT2D eigenvalue weighted by atomic mass is 9.60. The molecule has 0 spiro atoms. The number of sulfonamides is 1. The number of nitrogens with one attached hydrogen (secondary N) is 1. The van der Waals surface area contributed by atoms with Crippen molar-refractivity contribution < 1.29 is 12.8 Å². The molecule has 0 aromatic heterocycles. The Morgan fingerprint density at radius 3 is 2.38 bits per heavy atom. The zero-order valence-electron chi connectivity index (χ0n) is 16.0. The number of nitriles is 1. The third-order valence-electron chi connectivity index (χ3n) is 5.49. The predicted molar refractivity (Wildman–Crippen MR) is 101 cm³/mol. The van der Waals surface area contributed by atoms with Gasteiger partial charge in [-0.05, 0) is 60.5 Å². The second kappa shape index (κ2) is 7.53. The number of halogens is 1. The Kier molecular flexibility index (Phi) is 5.99. The van der Waals surface area contributed by atoms with E-state index in [-0.39, 0.29) is 16.5 Å². The van der Waals surface area contributed by atoms with Crippen LogP contribution in [0.2, 0.25) is 0 Å². The van der Waals surface area contributed by atoms with Gasteiger partial charge in [-0.25, -0.2) is 12.8 Å². The van der Waals surface area contributed by atoms with Gasteiger partial charge in [0.2, 0.25) is 10.0 Å². The Morgan fingerprint density at radius 1 is 1.27 bits per heavy atom. The third-order valence-corrected chi connectivity index (χ3v) is 6.10. The molecule has 1 aromatic carbocycles. The summed E-state index contributed by atoms with van der Waals surface area (Å²) in [6, 6.07) is 6.64. The Labute approximate surface area is 156 Å². The van der Waals surface area contributed by atoms with Crippen LogP contribution in [0.3, 0.4) is 0 Å². The molecule has 1 N–H and O–H groups in total. The van der Waals surface area contributed by atoms with Crippen LogP contribution in [0.25, 0.3) is 0 Å². The molecule has 0 radical (unpaired) electrons. The highest BCUT2D eigenvalue weighted by Gasteiger charge is 2.43. The number of nitrogens with zero attached hydrogens (tertiary/aromatic N) is 2. The van der Waals surface area contributed by atoms with Crippen LogP contribution in [-0.4, -0.2) is 32.7 Å². The van der Waals surface area contributed by atoms with E-state index in [0.717, 1.165) is 37.8 Å². The summed E-state index contributed by atoms with van der Waals surface area (Å²) >= 11 is 0. The zero-order valence-corrected chi connectivity index (χ0v) is 16.8. The summed E-state index contributed by atoms with van der Waals surface area (Å²) in [5.41, 5.74) is 1.04. The van der Waals surface area contributed by atoms with Crippen LogP contribution in [0.4, 0.5) is 10.1 Å². The molecule has 1 aromatic rings. The van der Waals surface area contributed by atoms with E-state index in [1.807, 2.05) is 0 Å². The largest absolute Gasteiger partial charge is 0.299 e. The summed E-state index contributed by atoms with van der Waals surface area (Å²) < 4.78 is 38.9. The van der Waals surface area contributed by atoms with E-state index >= 15 is 0 Å². The Bertz CT molecular complexity index is 786. The fraction of sp³-hybridized carbons (Fsp3) is 0.632. The predicted octanol–water partition coefficient (Wildman–Crippen LogP) is 3.74. The van der Waals surface area contributed by atoms with Crippen molar-refractivity contribution in [1.82, 2.24) is 4.90 Å². The molecule has 0 saturated carbocycles. The van der Waals surface area contributed by atoms with Crippen LogP contribution in [0, 0.1) is 28.0 Å². The van der Waals surface area contributed by atoms with Crippen LogP contribution in [0.15, 0.2) is 18.2 Å². The smallest absolute Gasteiger partial charge is 0.229 e. The first-order chi connectivity index (χ1) is 11.9. The van der Waals surface area contributed by atoms with Gasteiger partial charge in [0.05, 0.1) is 18.0 Å². The maximum Gasteiger partial charge on any atom is 0.229 e. The van der Waals surface area contributed by atoms with Gasteiger partial charge in [0.1, 0.15) is 5.82 Å². The minimum Gasteiger partial charge on any atom is -0.299 e. The highest BCUT2D eigenvalue weighted by molar-refractivity contribution is 7.92. The second-order valence-corrected chi connectivity index (χ2v) is 10.1. The summed E-state index contributed by atoms with van der Waals surface area (Å²) in [5.74, 6) is -0.459. The number of hydrogen-bond donors (Lipinski definition) is 1. The molecule has 1 aliphatic heterocycles. The molecule has 5 nitrogen and oxygen atoms in total. The van der Waals surface area contributed by atoms with Crippen molar-refractivity contribution in [2.45, 2.75) is 46.6 Å². The van der Waals surface area contributed by atoms with Crippen molar-refractivity contribution in [3.63, 3.8) is 0 Å². The summed E-state index contributed by atoms with van der Waals surface area (Å²) in [4.78, 5) is 2.24. The van der Waals surface area contributed by atoms with Crippen molar-refractivity contribution >= 4 is 15.7 Å². The van der Waals surface area contributed by atoms with Gasteiger partial charge in [-0.15, -0.1) is 0 Å². The highest BCUT2D eigenvalue weighted by atomic mass is 32.2. The van der Waals surface area contributed by atoms with Gasteiger partial charge in [0.25, 0.3) is 0 Å². The van der Waals surface area contributed by atoms with Gasteiger partial charge in [-0.3, -0.25) is 9.62 Å². The lowest BCUT2D eigenvalue weighted by molar-refractivity contribution is 0.00709. The van der Waals surface area contributed by atoms with Crippen molar-refractivity contribution in [3.05, 3.63) is 29.6 Å². The van der Waals surface area contributed by atoms with Gasteiger partial charge in [-0.1, -0.05) is 20.8 Å². The Hall–Kier alpha value is -1.65. The number of piperidine rings is 1. The Morgan fingerprint density at radius 2 is 1.88 bits per heavy atom. The Balaban J connectivity index is 2.09. The highest BCUT2D eigenvalue weighted by Crippen LogP contribution is 2.49. The molecule has 1 saturated heterocycles. The monoisotopic (exact) mass is 381 g/mol. The van der Waals surface area contributed by atoms with Crippen LogP contribution in [0.1, 0.15) is 45.6 Å². The number of anilines is 1. The summed E-state index contributed by atoms with van der Waals surface area (Å²) in [5, 5.41) is 9.24. The number of likely N-dealkylation sites (tertiary alicyclic amines) is 1. The van der Waals surface area contributed by atoms with Crippen molar-refractivity contribution in [2.24, 2.45) is 10.8 Å². The molecule has 26 heavy (non-hydrogen) atoms. The first-order valence-corrected chi connectivity index (χ1v) is 10.7. The zero-order chi connectivity index (χ0) is 19.6. The fourth-order valence-electron chi connectivity index (χ4n) is 3.76. The molecule has 0 amide bonds. The van der Waals surface area contributed by atoms with Crippen LogP contribution >= 0.6 is 0 Å². The van der Waals surface area contributed by atoms with Gasteiger partial charge < -0.3 is 0 Å². The number of hydrogen-bond acceptors (Lipinski definition) is 4. The molecule has 144 valence electrons. The third kappa shape index (κ3) is 5.18. The van der Waals surface area contributed by atoms with Crippen molar-refractivity contribution in [3.8, 4) is 6.07 Å².